The van der Waals surface area contributed by atoms with E-state index in [1.54, 1.807) is 22.9 Å². The lowest BCUT2D eigenvalue weighted by atomic mass is 9.85. The second kappa shape index (κ2) is 10.5. The van der Waals surface area contributed by atoms with Crippen molar-refractivity contribution in [2.75, 3.05) is 11.4 Å². The topological polar surface area (TPSA) is 118 Å². The van der Waals surface area contributed by atoms with Crippen LogP contribution in [-0.2, 0) is 9.59 Å². The van der Waals surface area contributed by atoms with Crippen molar-refractivity contribution >= 4 is 41.0 Å². The Balaban J connectivity index is 1.33. The van der Waals surface area contributed by atoms with Gasteiger partial charge in [-0.15, -0.1) is 0 Å². The maximum atomic E-state index is 13.7. The van der Waals surface area contributed by atoms with Crippen LogP contribution >= 0.6 is 11.8 Å². The number of hydrogen-bond donors (Lipinski definition) is 2. The molecule has 0 radical (unpaired) electrons. The summed E-state index contributed by atoms with van der Waals surface area (Å²) in [5.41, 5.74) is 9.02. The number of piperidine rings is 1. The summed E-state index contributed by atoms with van der Waals surface area (Å²) in [6.45, 7) is 4.27. The van der Waals surface area contributed by atoms with Crippen molar-refractivity contribution in [3.8, 4) is 11.5 Å². The maximum absolute atomic E-state index is 13.7. The average molecular weight is 558 g/mol. The molecule has 206 valence electrons. The molecule has 10 heteroatoms. The van der Waals surface area contributed by atoms with Crippen LogP contribution in [0.1, 0.15) is 43.4 Å². The van der Waals surface area contributed by atoms with Crippen LogP contribution in [0.25, 0.3) is 0 Å². The number of carbonyl (C=O) groups is 3. The van der Waals surface area contributed by atoms with Crippen LogP contribution in [0.15, 0.2) is 65.8 Å². The number of urea groups is 1. The molecule has 4 unspecified atom stereocenters. The van der Waals surface area contributed by atoms with E-state index in [1.807, 2.05) is 73.3 Å². The highest BCUT2D eigenvalue weighted by Crippen LogP contribution is 2.53. The normalized spacial score (nSPS) is 23.4. The predicted octanol–water partition coefficient (Wildman–Crippen LogP) is 5.06. The predicted molar refractivity (Wildman–Crippen MR) is 153 cm³/mol. The Kier molecular flexibility index (Phi) is 6.87. The van der Waals surface area contributed by atoms with E-state index in [0.717, 1.165) is 33.3 Å². The fraction of sp³-hybridized carbons (Fsp3) is 0.333. The van der Waals surface area contributed by atoms with Gasteiger partial charge < -0.3 is 20.7 Å². The molecular weight excluding hydrogens is 526 g/mol. The summed E-state index contributed by atoms with van der Waals surface area (Å²) in [7, 11) is 0. The Bertz CT molecular complexity index is 1480. The number of pyridine rings is 1. The molecule has 4 atom stereocenters. The number of anilines is 2. The number of nitrogens with one attached hydrogen (secondary N) is 1. The van der Waals surface area contributed by atoms with Gasteiger partial charge in [-0.2, -0.15) is 0 Å². The number of benzene rings is 2. The van der Waals surface area contributed by atoms with Gasteiger partial charge in [0, 0.05) is 36.7 Å². The van der Waals surface area contributed by atoms with Gasteiger partial charge in [-0.05, 0) is 61.7 Å². The van der Waals surface area contributed by atoms with Gasteiger partial charge in [0.05, 0.1) is 22.7 Å². The number of ether oxygens (including phenoxy) is 1. The van der Waals surface area contributed by atoms with Crippen LogP contribution in [0.4, 0.5) is 16.2 Å². The van der Waals surface area contributed by atoms with E-state index in [1.165, 1.54) is 0 Å². The molecule has 3 aromatic rings. The first-order valence-electron chi connectivity index (χ1n) is 13.5. The van der Waals surface area contributed by atoms with Crippen LogP contribution in [0.2, 0.25) is 0 Å². The van der Waals surface area contributed by atoms with Crippen molar-refractivity contribution in [3.05, 3.63) is 71.9 Å². The van der Waals surface area contributed by atoms with E-state index in [4.69, 9.17) is 10.5 Å². The van der Waals surface area contributed by atoms with Gasteiger partial charge in [0.1, 0.15) is 16.5 Å². The third-order valence-corrected chi connectivity index (χ3v) is 9.39. The molecule has 1 fully saturated rings. The highest BCUT2D eigenvalue weighted by Gasteiger charge is 2.50. The Hall–Kier alpha value is -4.05. The molecule has 0 saturated carbocycles. The summed E-state index contributed by atoms with van der Waals surface area (Å²) in [6, 6.07) is 16.2. The van der Waals surface area contributed by atoms with Crippen molar-refractivity contribution in [2.24, 2.45) is 11.7 Å². The van der Waals surface area contributed by atoms with Gasteiger partial charge in [0.25, 0.3) is 0 Å². The number of amides is 4. The molecule has 6 rings (SSSR count). The van der Waals surface area contributed by atoms with Gasteiger partial charge in [0.15, 0.2) is 0 Å². The first-order chi connectivity index (χ1) is 19.4. The minimum Gasteiger partial charge on any atom is -0.457 e. The molecule has 3 N–H and O–H groups in total. The van der Waals surface area contributed by atoms with E-state index in [-0.39, 0.29) is 41.1 Å². The fourth-order valence-corrected chi connectivity index (χ4v) is 7.53. The molecule has 0 bridgehead atoms. The molecule has 1 saturated heterocycles. The van der Waals surface area contributed by atoms with Crippen molar-refractivity contribution in [1.82, 2.24) is 15.2 Å². The number of primary amides is 1. The first kappa shape index (κ1) is 26.2. The van der Waals surface area contributed by atoms with Crippen molar-refractivity contribution in [1.29, 1.82) is 0 Å². The van der Waals surface area contributed by atoms with Gasteiger partial charge in [-0.1, -0.05) is 36.9 Å². The zero-order valence-electron chi connectivity index (χ0n) is 22.4. The van der Waals surface area contributed by atoms with Crippen molar-refractivity contribution < 1.29 is 19.1 Å². The van der Waals surface area contributed by atoms with Crippen LogP contribution in [0.5, 0.6) is 11.5 Å². The largest absolute Gasteiger partial charge is 0.457 e. The molecule has 3 aliphatic rings. The molecule has 2 aromatic carbocycles. The molecule has 4 amide bonds. The molecule has 40 heavy (non-hydrogen) atoms. The third-order valence-electron chi connectivity index (χ3n) is 7.98. The molecule has 1 aromatic heterocycles. The SMILES string of the molecule is CCC(=O)N1CCC(C(N)=O)CC1C1Sc2nccc3c2C1NC(=O)N3c1ccc(Oc2ccccc2)cc1C. The number of hydrogen-bond acceptors (Lipinski definition) is 6. The molecule has 9 nitrogen and oxygen atoms in total. The Morgan fingerprint density at radius 1 is 1.12 bits per heavy atom. The number of para-hydroxylation sites is 1. The number of aromatic nitrogens is 1. The second-order valence-electron chi connectivity index (χ2n) is 10.4. The average Bonchev–Trinajstić information content (AvgIpc) is 3.33. The molecule has 3 aliphatic heterocycles. The molecule has 0 aliphatic carbocycles. The highest BCUT2D eigenvalue weighted by molar-refractivity contribution is 8.00. The number of rotatable bonds is 6. The van der Waals surface area contributed by atoms with Crippen LogP contribution < -0.4 is 20.7 Å². The monoisotopic (exact) mass is 557 g/mol. The molecule has 0 spiro atoms. The quantitative estimate of drug-likeness (QED) is 0.437. The summed E-state index contributed by atoms with van der Waals surface area (Å²) >= 11 is 1.56. The summed E-state index contributed by atoms with van der Waals surface area (Å²) in [5.74, 6) is 0.801. The summed E-state index contributed by atoms with van der Waals surface area (Å²) in [5, 5.41) is 3.85. The lowest BCUT2D eigenvalue weighted by Crippen LogP contribution is -2.56. The second-order valence-corrected chi connectivity index (χ2v) is 11.6. The van der Waals surface area contributed by atoms with E-state index in [0.29, 0.717) is 31.6 Å². The Morgan fingerprint density at radius 2 is 1.93 bits per heavy atom. The smallest absolute Gasteiger partial charge is 0.327 e. The fourth-order valence-electron chi connectivity index (χ4n) is 6.03. The third kappa shape index (κ3) is 4.56. The van der Waals surface area contributed by atoms with Crippen LogP contribution in [-0.4, -0.2) is 45.6 Å². The van der Waals surface area contributed by atoms with E-state index in [9.17, 15) is 14.4 Å². The summed E-state index contributed by atoms with van der Waals surface area (Å²) in [6.07, 6.45) is 3.12. The number of nitrogens with two attached hydrogens (primary N) is 1. The lowest BCUT2D eigenvalue weighted by molar-refractivity contribution is -0.138. The van der Waals surface area contributed by atoms with Crippen molar-refractivity contribution in [3.63, 3.8) is 0 Å². The summed E-state index contributed by atoms with van der Waals surface area (Å²) in [4.78, 5) is 47.0. The summed E-state index contributed by atoms with van der Waals surface area (Å²) < 4.78 is 5.99. The van der Waals surface area contributed by atoms with Gasteiger partial charge in [0.2, 0.25) is 11.8 Å². The van der Waals surface area contributed by atoms with E-state index in [2.05, 4.69) is 10.3 Å². The minimum absolute atomic E-state index is 0.0369. The number of thioether (sulfide) groups is 1. The van der Waals surface area contributed by atoms with Crippen molar-refractivity contribution in [2.45, 2.75) is 55.5 Å². The highest BCUT2D eigenvalue weighted by atomic mass is 32.2. The number of nitrogens with zero attached hydrogens (tertiary/aromatic N) is 3. The van der Waals surface area contributed by atoms with Gasteiger partial charge >= 0.3 is 6.03 Å². The first-order valence-corrected chi connectivity index (χ1v) is 14.4. The zero-order chi connectivity index (χ0) is 28.0. The standard InChI is InChI=1S/C30H31N5O4S/c1-3-24(36)34-14-12-18(28(31)37)16-23(34)27-26-25-22(11-13-32-29(25)40-27)35(30(38)33-26)21-10-9-20(15-17(21)2)39-19-7-5-4-6-8-19/h4-11,13,15,18,23,26-27H,3,12,14,16H2,1-2H3,(H2,31,37)(H,33,38). The number of carbonyl (C=O) groups excluding carboxylic acids is 3. The van der Waals surface area contributed by atoms with E-state index < -0.39 is 0 Å². The maximum Gasteiger partial charge on any atom is 0.327 e. The molecular formula is C30H31N5O4S. The zero-order valence-corrected chi connectivity index (χ0v) is 23.2. The molecule has 4 heterocycles. The Labute approximate surface area is 237 Å². The van der Waals surface area contributed by atoms with Crippen LogP contribution in [0, 0.1) is 12.8 Å². The van der Waals surface area contributed by atoms with Gasteiger partial charge in [-0.3, -0.25) is 14.5 Å². The van der Waals surface area contributed by atoms with E-state index >= 15 is 0 Å². The lowest BCUT2D eigenvalue weighted by Gasteiger charge is -2.44. The minimum atomic E-state index is -0.350. The number of likely N-dealkylation sites (tertiary alicyclic amines) is 1. The number of aryl methyl sites for hydroxylation is 1. The Morgan fingerprint density at radius 3 is 2.65 bits per heavy atom. The van der Waals surface area contributed by atoms with Crippen LogP contribution in [0.3, 0.4) is 0 Å². The van der Waals surface area contributed by atoms with Gasteiger partial charge in [-0.25, -0.2) is 9.78 Å².